The predicted octanol–water partition coefficient (Wildman–Crippen LogP) is 0.884. The molecule has 1 rings (SSSR count). The maximum atomic E-state index is 10.9. The molecular formula is C7H9NNaOS2. The van der Waals surface area contributed by atoms with Gasteiger partial charge in [0.05, 0.1) is 4.90 Å². The monoisotopic (exact) mass is 210 g/mol. The van der Waals surface area contributed by atoms with E-state index < -0.39 is 11.0 Å². The molecule has 12 heavy (non-hydrogen) atoms. The summed E-state index contributed by atoms with van der Waals surface area (Å²) in [5.41, 5.74) is 1.04. The van der Waals surface area contributed by atoms with Crippen molar-refractivity contribution >= 4 is 53.2 Å². The number of aryl methyl sites for hydroxylation is 1. The smallest absolute Gasteiger partial charge is 0.123 e. The summed E-state index contributed by atoms with van der Waals surface area (Å²) in [6.07, 6.45) is 0. The Balaban J connectivity index is 0.00000121. The Labute approximate surface area is 102 Å². The van der Waals surface area contributed by atoms with E-state index in [4.69, 9.17) is 5.14 Å². The van der Waals surface area contributed by atoms with Gasteiger partial charge in [-0.15, -0.1) is 12.6 Å². The van der Waals surface area contributed by atoms with Gasteiger partial charge in [0.2, 0.25) is 0 Å². The average Bonchev–Trinajstić information content (AvgIpc) is 1.94. The van der Waals surface area contributed by atoms with Crippen molar-refractivity contribution in [2.75, 3.05) is 0 Å². The first-order valence-electron chi connectivity index (χ1n) is 3.07. The van der Waals surface area contributed by atoms with E-state index in [1.165, 1.54) is 0 Å². The molecule has 0 spiro atoms. The summed E-state index contributed by atoms with van der Waals surface area (Å²) in [5.74, 6) is 0. The van der Waals surface area contributed by atoms with Crippen LogP contribution < -0.4 is 5.14 Å². The molecule has 0 heterocycles. The maximum absolute atomic E-state index is 10.9. The largest absolute Gasteiger partial charge is 0.248 e. The van der Waals surface area contributed by atoms with Gasteiger partial charge >= 0.3 is 0 Å². The Hall–Kier alpha value is 0.680. The molecule has 0 saturated heterocycles. The molecule has 0 fully saturated rings. The van der Waals surface area contributed by atoms with Gasteiger partial charge in [-0.05, 0) is 24.6 Å². The summed E-state index contributed by atoms with van der Waals surface area (Å²) in [4.78, 5) is 1.27. The number of benzene rings is 1. The summed E-state index contributed by atoms with van der Waals surface area (Å²) in [5, 5.41) is 5.21. The Morgan fingerprint density at radius 2 is 2.08 bits per heavy atom. The number of thiol groups is 1. The van der Waals surface area contributed by atoms with Crippen LogP contribution in [0.5, 0.6) is 0 Å². The Morgan fingerprint density at radius 1 is 1.50 bits per heavy atom. The normalized spacial score (nSPS) is 11.9. The van der Waals surface area contributed by atoms with Crippen molar-refractivity contribution < 1.29 is 4.21 Å². The zero-order chi connectivity index (χ0) is 8.43. The molecular weight excluding hydrogens is 201 g/mol. The fraction of sp³-hybridized carbons (Fsp3) is 0.143. The summed E-state index contributed by atoms with van der Waals surface area (Å²) < 4.78 is 10.9. The Morgan fingerprint density at radius 3 is 2.50 bits per heavy atom. The summed E-state index contributed by atoms with van der Waals surface area (Å²) in [6, 6.07) is 5.47. The number of nitrogens with two attached hydrogens (primary N) is 1. The molecule has 0 aromatic heterocycles. The van der Waals surface area contributed by atoms with Crippen LogP contribution in [0.1, 0.15) is 5.56 Å². The molecule has 2 nitrogen and oxygen atoms in total. The molecule has 61 valence electrons. The van der Waals surface area contributed by atoms with Crippen LogP contribution in [0.2, 0.25) is 0 Å². The Bertz CT molecular complexity index is 303. The van der Waals surface area contributed by atoms with Gasteiger partial charge in [0.1, 0.15) is 11.0 Å². The van der Waals surface area contributed by atoms with Crippen LogP contribution in [0.3, 0.4) is 0 Å². The molecule has 2 N–H and O–H groups in total. The van der Waals surface area contributed by atoms with Crippen LogP contribution >= 0.6 is 12.6 Å². The van der Waals surface area contributed by atoms with Crippen LogP contribution in [0, 0.1) is 6.92 Å². The molecule has 1 atom stereocenters. The van der Waals surface area contributed by atoms with Gasteiger partial charge in [0, 0.05) is 34.5 Å². The summed E-state index contributed by atoms with van der Waals surface area (Å²) in [7, 11) is -1.43. The molecule has 5 heteroatoms. The van der Waals surface area contributed by atoms with Crippen molar-refractivity contribution in [3.63, 3.8) is 0 Å². The van der Waals surface area contributed by atoms with Gasteiger partial charge < -0.3 is 0 Å². The van der Waals surface area contributed by atoms with E-state index >= 15 is 0 Å². The second-order valence-electron chi connectivity index (χ2n) is 2.27. The first-order valence-corrected chi connectivity index (χ1v) is 4.73. The van der Waals surface area contributed by atoms with Gasteiger partial charge in [-0.1, -0.05) is 6.07 Å². The fourth-order valence-electron chi connectivity index (χ4n) is 0.782. The van der Waals surface area contributed by atoms with Crippen LogP contribution in [0.25, 0.3) is 0 Å². The predicted molar refractivity (Wildman–Crippen MR) is 54.8 cm³/mol. The van der Waals surface area contributed by atoms with E-state index in [2.05, 4.69) is 12.6 Å². The SMILES string of the molecule is Cc1ccc(S)c(S(N)=O)c1.[Na]. The molecule has 0 aliphatic carbocycles. The van der Waals surface area contributed by atoms with Crippen molar-refractivity contribution in [3.8, 4) is 0 Å². The molecule has 1 unspecified atom stereocenters. The van der Waals surface area contributed by atoms with Crippen molar-refractivity contribution in [1.29, 1.82) is 0 Å². The molecule has 0 saturated carbocycles. The minimum atomic E-state index is -1.43. The molecule has 1 aromatic rings. The molecule has 0 aliphatic rings. The van der Waals surface area contributed by atoms with Crippen LogP contribution in [0.4, 0.5) is 0 Å². The van der Waals surface area contributed by atoms with Crippen molar-refractivity contribution in [2.45, 2.75) is 16.7 Å². The topological polar surface area (TPSA) is 43.1 Å². The number of hydrogen-bond donors (Lipinski definition) is 2. The molecule has 0 aliphatic heterocycles. The first-order chi connectivity index (χ1) is 5.11. The first kappa shape index (κ1) is 12.7. The van der Waals surface area contributed by atoms with Crippen molar-refractivity contribution in [2.24, 2.45) is 5.14 Å². The average molecular weight is 210 g/mol. The van der Waals surface area contributed by atoms with Crippen LogP contribution in [-0.2, 0) is 11.0 Å². The van der Waals surface area contributed by atoms with Gasteiger partial charge in [-0.2, -0.15) is 0 Å². The minimum absolute atomic E-state index is 0. The minimum Gasteiger partial charge on any atom is -0.248 e. The third-order valence-electron chi connectivity index (χ3n) is 1.33. The Kier molecular flexibility index (Phi) is 5.73. The zero-order valence-corrected chi connectivity index (χ0v) is 10.8. The molecule has 1 radical (unpaired) electrons. The summed E-state index contributed by atoms with van der Waals surface area (Å²) in [6.45, 7) is 1.92. The third-order valence-corrected chi connectivity index (χ3v) is 2.64. The standard InChI is InChI=1S/C7H9NOS2.Na/c1-5-2-3-6(10)7(4-5)11(8)9;/h2-4,10H,8H2,1H3;. The van der Waals surface area contributed by atoms with E-state index in [1.807, 2.05) is 13.0 Å². The van der Waals surface area contributed by atoms with E-state index in [-0.39, 0.29) is 29.6 Å². The van der Waals surface area contributed by atoms with Gasteiger partial charge in [-0.3, -0.25) is 0 Å². The van der Waals surface area contributed by atoms with Crippen LogP contribution in [0.15, 0.2) is 28.0 Å². The van der Waals surface area contributed by atoms with Gasteiger partial charge in [-0.25, -0.2) is 9.35 Å². The maximum Gasteiger partial charge on any atom is 0.123 e. The fourth-order valence-corrected chi connectivity index (χ4v) is 1.77. The zero-order valence-electron chi connectivity index (χ0n) is 7.07. The van der Waals surface area contributed by atoms with E-state index in [9.17, 15) is 4.21 Å². The molecule has 0 amide bonds. The van der Waals surface area contributed by atoms with E-state index in [1.54, 1.807) is 12.1 Å². The number of rotatable bonds is 1. The van der Waals surface area contributed by atoms with Crippen molar-refractivity contribution in [3.05, 3.63) is 23.8 Å². The quantitative estimate of drug-likeness (QED) is 0.524. The van der Waals surface area contributed by atoms with Gasteiger partial charge in [0.25, 0.3) is 0 Å². The molecule has 1 aromatic carbocycles. The number of hydrogen-bond acceptors (Lipinski definition) is 2. The second-order valence-corrected chi connectivity index (χ2v) is 3.79. The second kappa shape index (κ2) is 5.42. The summed E-state index contributed by atoms with van der Waals surface area (Å²) >= 11 is 4.11. The van der Waals surface area contributed by atoms with Crippen LogP contribution in [-0.4, -0.2) is 33.8 Å². The third kappa shape index (κ3) is 3.20. The van der Waals surface area contributed by atoms with Crippen molar-refractivity contribution in [1.82, 2.24) is 0 Å². The molecule has 0 bridgehead atoms. The van der Waals surface area contributed by atoms with E-state index in [0.717, 1.165) is 5.56 Å². The van der Waals surface area contributed by atoms with E-state index in [0.29, 0.717) is 9.79 Å². The van der Waals surface area contributed by atoms with Gasteiger partial charge in [0.15, 0.2) is 0 Å².